The summed E-state index contributed by atoms with van der Waals surface area (Å²) in [6, 6.07) is 14.2. The quantitative estimate of drug-likeness (QED) is 0.501. The number of amides is 1. The SMILES string of the molecule is O=C(NCC(c1ccc(Cl)cc1)N1CCOCC1)c1cn(C[C@@H]2CCCN2)c2cccc(Cl)c12. The summed E-state index contributed by atoms with van der Waals surface area (Å²) in [5.74, 6) is -0.108. The Labute approximate surface area is 210 Å². The van der Waals surface area contributed by atoms with Gasteiger partial charge in [-0.05, 0) is 49.2 Å². The number of hydrogen-bond donors (Lipinski definition) is 2. The second-order valence-electron chi connectivity index (χ2n) is 9.05. The lowest BCUT2D eigenvalue weighted by Gasteiger charge is -2.35. The Morgan fingerprint density at radius 3 is 2.68 bits per heavy atom. The number of fused-ring (bicyclic) bond motifs is 1. The van der Waals surface area contributed by atoms with Gasteiger partial charge in [-0.15, -0.1) is 0 Å². The molecule has 0 spiro atoms. The van der Waals surface area contributed by atoms with Gasteiger partial charge in [-0.25, -0.2) is 0 Å². The number of carbonyl (C=O) groups excluding carboxylic acids is 1. The predicted octanol–water partition coefficient (Wildman–Crippen LogP) is 4.50. The van der Waals surface area contributed by atoms with Crippen molar-refractivity contribution in [2.45, 2.75) is 31.5 Å². The van der Waals surface area contributed by atoms with E-state index < -0.39 is 0 Å². The maximum atomic E-state index is 13.5. The van der Waals surface area contributed by atoms with Crippen molar-refractivity contribution in [3.8, 4) is 0 Å². The van der Waals surface area contributed by atoms with Crippen LogP contribution in [0.1, 0.15) is 34.8 Å². The minimum atomic E-state index is -0.108. The van der Waals surface area contributed by atoms with Crippen molar-refractivity contribution in [1.29, 1.82) is 0 Å². The van der Waals surface area contributed by atoms with Crippen LogP contribution in [-0.2, 0) is 11.3 Å². The summed E-state index contributed by atoms with van der Waals surface area (Å²) < 4.78 is 7.71. The monoisotopic (exact) mass is 500 g/mol. The van der Waals surface area contributed by atoms with Crippen molar-refractivity contribution in [3.05, 3.63) is 69.8 Å². The number of carbonyl (C=O) groups is 1. The fourth-order valence-electron chi connectivity index (χ4n) is 5.10. The van der Waals surface area contributed by atoms with E-state index >= 15 is 0 Å². The van der Waals surface area contributed by atoms with Gasteiger partial charge >= 0.3 is 0 Å². The highest BCUT2D eigenvalue weighted by molar-refractivity contribution is 6.36. The van der Waals surface area contributed by atoms with Crippen LogP contribution >= 0.6 is 23.2 Å². The average Bonchev–Trinajstić information content (AvgIpc) is 3.50. The number of rotatable bonds is 7. The third-order valence-corrected chi connectivity index (χ3v) is 7.44. The molecule has 3 aromatic rings. The first-order chi connectivity index (χ1) is 16.6. The van der Waals surface area contributed by atoms with Crippen LogP contribution in [0.2, 0.25) is 10.0 Å². The van der Waals surface area contributed by atoms with Gasteiger partial charge in [0, 0.05) is 48.8 Å². The van der Waals surface area contributed by atoms with E-state index in [1.54, 1.807) is 0 Å². The van der Waals surface area contributed by atoms with Crippen LogP contribution in [-0.4, -0.2) is 60.8 Å². The summed E-state index contributed by atoms with van der Waals surface area (Å²) in [5, 5.41) is 8.85. The number of halogens is 2. The van der Waals surface area contributed by atoms with Crippen molar-refractivity contribution >= 4 is 40.0 Å². The maximum absolute atomic E-state index is 13.5. The van der Waals surface area contributed by atoms with Crippen molar-refractivity contribution in [3.63, 3.8) is 0 Å². The molecule has 5 rings (SSSR count). The van der Waals surface area contributed by atoms with Gasteiger partial charge in [0.05, 0.1) is 35.4 Å². The summed E-state index contributed by atoms with van der Waals surface area (Å²) in [6.07, 6.45) is 4.29. The first-order valence-electron chi connectivity index (χ1n) is 12.0. The van der Waals surface area contributed by atoms with Gasteiger partial charge in [0.2, 0.25) is 0 Å². The lowest BCUT2D eigenvalue weighted by Crippen LogP contribution is -2.43. The molecule has 1 aromatic heterocycles. The lowest BCUT2D eigenvalue weighted by atomic mass is 10.0. The molecule has 1 unspecified atom stereocenters. The molecule has 2 atom stereocenters. The second-order valence-corrected chi connectivity index (χ2v) is 9.89. The average molecular weight is 501 g/mol. The fourth-order valence-corrected chi connectivity index (χ4v) is 5.50. The zero-order valence-corrected chi connectivity index (χ0v) is 20.6. The number of hydrogen-bond acceptors (Lipinski definition) is 4. The van der Waals surface area contributed by atoms with Crippen LogP contribution in [0.5, 0.6) is 0 Å². The van der Waals surface area contributed by atoms with Crippen LogP contribution < -0.4 is 10.6 Å². The molecule has 0 aliphatic carbocycles. The van der Waals surface area contributed by atoms with E-state index in [1.807, 2.05) is 48.7 Å². The molecule has 2 aliphatic heterocycles. The molecule has 0 saturated carbocycles. The molecule has 2 saturated heterocycles. The number of morpholine rings is 1. The highest BCUT2D eigenvalue weighted by atomic mass is 35.5. The van der Waals surface area contributed by atoms with Gasteiger partial charge in [0.25, 0.3) is 5.91 Å². The Bertz CT molecular complexity index is 1140. The van der Waals surface area contributed by atoms with E-state index in [0.717, 1.165) is 49.1 Å². The molecular formula is C26H30Cl2N4O2. The third kappa shape index (κ3) is 5.11. The number of aromatic nitrogens is 1. The first-order valence-corrected chi connectivity index (χ1v) is 12.7. The third-order valence-electron chi connectivity index (χ3n) is 6.88. The molecule has 2 N–H and O–H groups in total. The van der Waals surface area contributed by atoms with Crippen LogP contribution in [0.15, 0.2) is 48.7 Å². The molecular weight excluding hydrogens is 471 g/mol. The largest absolute Gasteiger partial charge is 0.379 e. The van der Waals surface area contributed by atoms with Crippen LogP contribution in [0.4, 0.5) is 0 Å². The van der Waals surface area contributed by atoms with E-state index in [1.165, 1.54) is 6.42 Å². The number of ether oxygens (including phenoxy) is 1. The van der Waals surface area contributed by atoms with E-state index in [9.17, 15) is 4.79 Å². The number of nitrogens with one attached hydrogen (secondary N) is 2. The molecule has 34 heavy (non-hydrogen) atoms. The standard InChI is InChI=1S/C26H30Cl2N4O2/c27-19-8-6-18(7-9-19)24(31-11-13-34-14-12-31)15-30-26(33)21-17-32(16-20-3-2-10-29-20)23-5-1-4-22(28)25(21)23/h1,4-9,17,20,24,29H,2-3,10-16H2,(H,30,33)/t20-,24?/m0/s1. The molecule has 1 amide bonds. The maximum Gasteiger partial charge on any atom is 0.253 e. The van der Waals surface area contributed by atoms with Gasteiger partial charge in [0.1, 0.15) is 0 Å². The summed E-state index contributed by atoms with van der Waals surface area (Å²) in [7, 11) is 0. The van der Waals surface area contributed by atoms with Crippen molar-refractivity contribution in [2.24, 2.45) is 0 Å². The van der Waals surface area contributed by atoms with Crippen molar-refractivity contribution in [2.75, 3.05) is 39.4 Å². The molecule has 3 heterocycles. The van der Waals surface area contributed by atoms with Gasteiger partial charge < -0.3 is 19.9 Å². The highest BCUT2D eigenvalue weighted by Crippen LogP contribution is 2.30. The Balaban J connectivity index is 1.39. The normalized spacial score (nSPS) is 20.0. The zero-order chi connectivity index (χ0) is 23.5. The smallest absolute Gasteiger partial charge is 0.253 e. The van der Waals surface area contributed by atoms with E-state index in [4.69, 9.17) is 27.9 Å². The Hall–Kier alpha value is -2.09. The van der Waals surface area contributed by atoms with Gasteiger partial charge in [-0.2, -0.15) is 0 Å². The molecule has 180 valence electrons. The molecule has 8 heteroatoms. The molecule has 0 radical (unpaired) electrons. The van der Waals surface area contributed by atoms with Crippen LogP contribution in [0.25, 0.3) is 10.9 Å². The minimum absolute atomic E-state index is 0.0385. The molecule has 2 aromatic carbocycles. The molecule has 6 nitrogen and oxygen atoms in total. The first kappa shape index (κ1) is 23.6. The van der Waals surface area contributed by atoms with Crippen molar-refractivity contribution < 1.29 is 9.53 Å². The van der Waals surface area contributed by atoms with E-state index in [0.29, 0.717) is 41.4 Å². The van der Waals surface area contributed by atoms with Crippen LogP contribution in [0, 0.1) is 0 Å². The number of benzene rings is 2. The highest BCUT2D eigenvalue weighted by Gasteiger charge is 2.25. The zero-order valence-electron chi connectivity index (χ0n) is 19.1. The van der Waals surface area contributed by atoms with Gasteiger partial charge in [-0.1, -0.05) is 41.4 Å². The topological polar surface area (TPSA) is 58.5 Å². The number of nitrogens with zero attached hydrogens (tertiary/aromatic N) is 2. The Morgan fingerprint density at radius 2 is 1.94 bits per heavy atom. The lowest BCUT2D eigenvalue weighted by molar-refractivity contribution is 0.0162. The molecule has 2 aliphatic rings. The minimum Gasteiger partial charge on any atom is -0.379 e. The Kier molecular flexibility index (Phi) is 7.42. The van der Waals surface area contributed by atoms with Gasteiger partial charge in [-0.3, -0.25) is 9.69 Å². The van der Waals surface area contributed by atoms with Crippen LogP contribution in [0.3, 0.4) is 0 Å². The predicted molar refractivity (Wildman–Crippen MR) is 137 cm³/mol. The summed E-state index contributed by atoms with van der Waals surface area (Å²) in [6.45, 7) is 5.39. The fraction of sp³-hybridized carbons (Fsp3) is 0.423. The van der Waals surface area contributed by atoms with Gasteiger partial charge in [0.15, 0.2) is 0 Å². The summed E-state index contributed by atoms with van der Waals surface area (Å²) >= 11 is 12.7. The summed E-state index contributed by atoms with van der Waals surface area (Å²) in [4.78, 5) is 15.8. The molecule has 2 fully saturated rings. The van der Waals surface area contributed by atoms with E-state index in [2.05, 4.69) is 20.1 Å². The second kappa shape index (κ2) is 10.7. The summed E-state index contributed by atoms with van der Waals surface area (Å²) in [5.41, 5.74) is 2.74. The molecule has 0 bridgehead atoms. The van der Waals surface area contributed by atoms with E-state index in [-0.39, 0.29) is 11.9 Å². The Morgan fingerprint density at radius 1 is 1.15 bits per heavy atom. The van der Waals surface area contributed by atoms with Crippen molar-refractivity contribution in [1.82, 2.24) is 20.1 Å².